The topological polar surface area (TPSA) is 37.5 Å². The fourth-order valence-corrected chi connectivity index (χ4v) is 2.46. The number of nitrogens with one attached hydrogen (secondary N) is 1. The lowest BCUT2D eigenvalue weighted by Gasteiger charge is -2.07. The van der Waals surface area contributed by atoms with Crippen molar-refractivity contribution in [3.63, 3.8) is 0 Å². The first-order valence-corrected chi connectivity index (χ1v) is 7.04. The van der Waals surface area contributed by atoms with Gasteiger partial charge in [-0.2, -0.15) is 0 Å². The molecule has 4 nitrogen and oxygen atoms in total. The Bertz CT molecular complexity index is 557. The molecule has 0 aliphatic carbocycles. The fraction of sp³-hybridized carbons (Fsp3) is 0.500. The number of aryl methyl sites for hydroxylation is 1. The third kappa shape index (κ3) is 3.25. The smallest absolute Gasteiger partial charge is 0.162 e. The number of benzene rings is 1. The largest absolute Gasteiger partial charge is 0.493 e. The zero-order valence-electron chi connectivity index (χ0n) is 12.8. The molecule has 0 radical (unpaired) electrons. The van der Waals surface area contributed by atoms with E-state index in [1.165, 1.54) is 36.9 Å². The minimum atomic E-state index is 0.752. The van der Waals surface area contributed by atoms with E-state index in [0.29, 0.717) is 0 Å². The van der Waals surface area contributed by atoms with Crippen molar-refractivity contribution < 1.29 is 9.47 Å². The lowest BCUT2D eigenvalue weighted by Crippen LogP contribution is -2.10. The first-order valence-electron chi connectivity index (χ1n) is 7.04. The van der Waals surface area contributed by atoms with Crippen LogP contribution < -0.4 is 9.47 Å². The third-order valence-electron chi connectivity index (χ3n) is 3.72. The molecule has 1 aliphatic rings. The van der Waals surface area contributed by atoms with Crippen LogP contribution in [-0.4, -0.2) is 44.2 Å². The van der Waals surface area contributed by atoms with Gasteiger partial charge in [0.05, 0.1) is 14.2 Å². The number of hydrogen-bond donors (Lipinski definition) is 1. The third-order valence-corrected chi connectivity index (χ3v) is 3.72. The van der Waals surface area contributed by atoms with E-state index in [1.54, 1.807) is 14.2 Å². The molecular formula is C16H24N2O2. The summed E-state index contributed by atoms with van der Waals surface area (Å²) in [4.78, 5) is 5.54. The maximum absolute atomic E-state index is 5.23. The molecule has 2 aromatic rings. The summed E-state index contributed by atoms with van der Waals surface area (Å²) in [5.41, 5.74) is 2.28. The Hall–Kier alpha value is -1.68. The number of aromatic nitrogens is 1. The minimum absolute atomic E-state index is 0.752. The molecule has 110 valence electrons. The predicted octanol–water partition coefficient (Wildman–Crippen LogP) is 3.21. The summed E-state index contributed by atoms with van der Waals surface area (Å²) in [5.74, 6) is 1.52. The molecule has 0 saturated carbocycles. The lowest BCUT2D eigenvalue weighted by molar-refractivity contribution is 0.356. The number of aromatic amines is 1. The molecular weight excluding hydrogens is 252 g/mol. The molecule has 0 amide bonds. The fourth-order valence-electron chi connectivity index (χ4n) is 2.46. The van der Waals surface area contributed by atoms with Gasteiger partial charge in [0.1, 0.15) is 0 Å². The van der Waals surface area contributed by atoms with Crippen molar-refractivity contribution in [2.75, 3.05) is 34.4 Å². The molecule has 4 heteroatoms. The highest BCUT2D eigenvalue weighted by Crippen LogP contribution is 2.32. The average Bonchev–Trinajstić information content (AvgIpc) is 3.08. The number of nitrogens with zero attached hydrogens (tertiary/aromatic N) is 1. The van der Waals surface area contributed by atoms with E-state index >= 15 is 0 Å². The first kappa shape index (κ1) is 14.7. The van der Waals surface area contributed by atoms with Crippen LogP contribution in [0.5, 0.6) is 11.5 Å². The van der Waals surface area contributed by atoms with Gasteiger partial charge in [-0.05, 0) is 51.5 Å². The SMILES string of the molecule is CN1CCCC1.COc1cc2[nH]cc(C)c2cc1OC. The van der Waals surface area contributed by atoms with Crippen molar-refractivity contribution in [1.82, 2.24) is 9.88 Å². The van der Waals surface area contributed by atoms with Crippen LogP contribution >= 0.6 is 0 Å². The van der Waals surface area contributed by atoms with Gasteiger partial charge in [-0.25, -0.2) is 0 Å². The highest BCUT2D eigenvalue weighted by molar-refractivity contribution is 5.86. The molecule has 1 aromatic carbocycles. The molecule has 20 heavy (non-hydrogen) atoms. The van der Waals surface area contributed by atoms with Crippen molar-refractivity contribution in [2.24, 2.45) is 0 Å². The summed E-state index contributed by atoms with van der Waals surface area (Å²) in [5, 5.41) is 1.17. The van der Waals surface area contributed by atoms with Crippen LogP contribution in [0.1, 0.15) is 18.4 Å². The molecule has 0 bridgehead atoms. The maximum Gasteiger partial charge on any atom is 0.162 e. The van der Waals surface area contributed by atoms with Gasteiger partial charge in [0.25, 0.3) is 0 Å². The number of methoxy groups -OCH3 is 2. The van der Waals surface area contributed by atoms with Gasteiger partial charge in [-0.1, -0.05) is 0 Å². The van der Waals surface area contributed by atoms with E-state index in [4.69, 9.17) is 9.47 Å². The van der Waals surface area contributed by atoms with Crippen molar-refractivity contribution in [1.29, 1.82) is 0 Å². The molecule has 1 aliphatic heterocycles. The minimum Gasteiger partial charge on any atom is -0.493 e. The molecule has 2 heterocycles. The molecule has 0 atom stereocenters. The van der Waals surface area contributed by atoms with Crippen LogP contribution in [-0.2, 0) is 0 Å². The van der Waals surface area contributed by atoms with Gasteiger partial charge in [-0.15, -0.1) is 0 Å². The Morgan fingerprint density at radius 2 is 1.65 bits per heavy atom. The van der Waals surface area contributed by atoms with Crippen LogP contribution in [0.4, 0.5) is 0 Å². The van der Waals surface area contributed by atoms with E-state index in [2.05, 4.69) is 23.9 Å². The first-order chi connectivity index (χ1) is 9.65. The summed E-state index contributed by atoms with van der Waals surface area (Å²) in [7, 11) is 5.46. The van der Waals surface area contributed by atoms with Crippen LogP contribution in [0.3, 0.4) is 0 Å². The Morgan fingerprint density at radius 3 is 2.15 bits per heavy atom. The standard InChI is InChI=1S/C11H13NO2.C5H11N/c1-7-6-12-9-5-11(14-3)10(13-2)4-8(7)9;1-6-4-2-3-5-6/h4-6,12H,1-3H3;2-5H2,1H3. The Morgan fingerprint density at radius 1 is 1.05 bits per heavy atom. The number of H-pyrrole nitrogens is 1. The number of fused-ring (bicyclic) bond motifs is 1. The van der Waals surface area contributed by atoms with Gasteiger partial charge in [-0.3, -0.25) is 0 Å². The van der Waals surface area contributed by atoms with Gasteiger partial charge >= 0.3 is 0 Å². The highest BCUT2D eigenvalue weighted by Gasteiger charge is 2.07. The van der Waals surface area contributed by atoms with Gasteiger partial charge in [0.15, 0.2) is 11.5 Å². The van der Waals surface area contributed by atoms with Crippen molar-refractivity contribution in [3.05, 3.63) is 23.9 Å². The Labute approximate surface area is 120 Å². The molecule has 1 fully saturated rings. The number of ether oxygens (including phenoxy) is 2. The van der Waals surface area contributed by atoms with Crippen molar-refractivity contribution in [3.8, 4) is 11.5 Å². The van der Waals surface area contributed by atoms with Gasteiger partial charge in [0, 0.05) is 23.2 Å². The van der Waals surface area contributed by atoms with Crippen LogP contribution in [0, 0.1) is 6.92 Å². The second kappa shape index (κ2) is 6.66. The quantitative estimate of drug-likeness (QED) is 0.915. The van der Waals surface area contributed by atoms with E-state index in [0.717, 1.165) is 17.0 Å². The van der Waals surface area contributed by atoms with Crippen LogP contribution in [0.2, 0.25) is 0 Å². The van der Waals surface area contributed by atoms with Crippen LogP contribution in [0.15, 0.2) is 18.3 Å². The van der Waals surface area contributed by atoms with Gasteiger partial charge in [0.2, 0.25) is 0 Å². The summed E-state index contributed by atoms with van der Waals surface area (Å²) in [6.45, 7) is 4.70. The predicted molar refractivity (Wildman–Crippen MR) is 82.9 cm³/mol. The summed E-state index contributed by atoms with van der Waals surface area (Å²) in [6.07, 6.45) is 4.80. The van der Waals surface area contributed by atoms with E-state index < -0.39 is 0 Å². The lowest BCUT2D eigenvalue weighted by atomic mass is 10.2. The van der Waals surface area contributed by atoms with Crippen molar-refractivity contribution >= 4 is 10.9 Å². The zero-order chi connectivity index (χ0) is 14.5. The second-order valence-electron chi connectivity index (χ2n) is 5.23. The zero-order valence-corrected chi connectivity index (χ0v) is 12.8. The summed E-state index contributed by atoms with van der Waals surface area (Å²) < 4.78 is 10.4. The molecule has 0 unspecified atom stereocenters. The second-order valence-corrected chi connectivity index (χ2v) is 5.23. The van der Waals surface area contributed by atoms with Gasteiger partial charge < -0.3 is 19.4 Å². The number of hydrogen-bond acceptors (Lipinski definition) is 3. The molecule has 0 spiro atoms. The van der Waals surface area contributed by atoms with Crippen LogP contribution in [0.25, 0.3) is 10.9 Å². The number of rotatable bonds is 2. The van der Waals surface area contributed by atoms with Crippen molar-refractivity contribution in [2.45, 2.75) is 19.8 Å². The summed E-state index contributed by atoms with van der Waals surface area (Å²) >= 11 is 0. The molecule has 3 rings (SSSR count). The van der Waals surface area contributed by atoms with E-state index in [1.807, 2.05) is 18.3 Å². The Kier molecular flexibility index (Phi) is 4.90. The molecule has 1 N–H and O–H groups in total. The monoisotopic (exact) mass is 276 g/mol. The molecule has 1 saturated heterocycles. The summed E-state index contributed by atoms with van der Waals surface area (Å²) in [6, 6.07) is 3.93. The van der Waals surface area contributed by atoms with E-state index in [-0.39, 0.29) is 0 Å². The average molecular weight is 276 g/mol. The normalized spacial score (nSPS) is 15.0. The maximum atomic E-state index is 5.23. The molecule has 1 aromatic heterocycles. The highest BCUT2D eigenvalue weighted by atomic mass is 16.5. The van der Waals surface area contributed by atoms with E-state index in [9.17, 15) is 0 Å². The number of likely N-dealkylation sites (tertiary alicyclic amines) is 1. The Balaban J connectivity index is 0.000000205.